The molecule has 16 N–H and O–H groups in total. The highest BCUT2D eigenvalue weighted by Crippen LogP contribution is 2.05. The van der Waals surface area contributed by atoms with Gasteiger partial charge in [0.05, 0.1) is 18.4 Å². The van der Waals surface area contributed by atoms with Gasteiger partial charge >= 0.3 is 6.03 Å². The summed E-state index contributed by atoms with van der Waals surface area (Å²) >= 11 is 0. The van der Waals surface area contributed by atoms with E-state index < -0.39 is 72.1 Å². The van der Waals surface area contributed by atoms with Gasteiger partial charge in [-0.2, -0.15) is 0 Å². The molecular formula is C24H41N13O7. The molecule has 1 aromatic rings. The first kappa shape index (κ1) is 36.6. The Morgan fingerprint density at radius 3 is 1.86 bits per heavy atom. The molecule has 0 radical (unpaired) electrons. The molecule has 244 valence electrons. The van der Waals surface area contributed by atoms with Crippen LogP contribution in [0.25, 0.3) is 0 Å². The van der Waals surface area contributed by atoms with Crippen LogP contribution in [0, 0.1) is 5.41 Å². The van der Waals surface area contributed by atoms with Crippen LogP contribution < -0.4 is 54.8 Å². The molecule has 0 fully saturated rings. The summed E-state index contributed by atoms with van der Waals surface area (Å²) in [5.74, 6) is -5.23. The van der Waals surface area contributed by atoms with Gasteiger partial charge in [-0.25, -0.2) is 9.78 Å². The molecule has 0 aliphatic rings. The molecule has 4 atom stereocenters. The number of nitrogens with two attached hydrogens (primary N) is 4. The second-order valence-electron chi connectivity index (χ2n) is 9.69. The fraction of sp³-hybridized carbons (Fsp3) is 0.542. The summed E-state index contributed by atoms with van der Waals surface area (Å²) in [7, 11) is 0. The predicted molar refractivity (Wildman–Crippen MR) is 155 cm³/mol. The molecule has 44 heavy (non-hydrogen) atoms. The van der Waals surface area contributed by atoms with Crippen LogP contribution in [0.2, 0.25) is 0 Å². The molecule has 0 aliphatic carbocycles. The topological polar surface area (TPSA) is 348 Å². The first-order valence-corrected chi connectivity index (χ1v) is 13.5. The van der Waals surface area contributed by atoms with Crippen LogP contribution in [0.5, 0.6) is 0 Å². The molecule has 0 aliphatic heterocycles. The van der Waals surface area contributed by atoms with Crippen molar-refractivity contribution < 1.29 is 33.6 Å². The van der Waals surface area contributed by atoms with E-state index in [0.717, 1.165) is 0 Å². The largest absolute Gasteiger partial charge is 0.370 e. The lowest BCUT2D eigenvalue weighted by Gasteiger charge is -2.25. The Labute approximate surface area is 252 Å². The summed E-state index contributed by atoms with van der Waals surface area (Å²) in [6, 6.07) is -5.96. The number of hydrogen-bond donors (Lipinski definition) is 12. The number of carbonyl (C=O) groups is 7. The van der Waals surface area contributed by atoms with Crippen molar-refractivity contribution >= 4 is 47.4 Å². The summed E-state index contributed by atoms with van der Waals surface area (Å²) in [5, 5.41) is 21.8. The molecule has 0 bridgehead atoms. The van der Waals surface area contributed by atoms with Gasteiger partial charge in [-0.15, -0.1) is 0 Å². The van der Waals surface area contributed by atoms with Crippen LogP contribution in [0.1, 0.15) is 44.7 Å². The zero-order valence-corrected chi connectivity index (χ0v) is 24.2. The molecule has 20 nitrogen and oxygen atoms in total. The minimum Gasteiger partial charge on any atom is -0.370 e. The lowest BCUT2D eigenvalue weighted by Crippen LogP contribution is -2.59. The summed E-state index contributed by atoms with van der Waals surface area (Å²) in [6.45, 7) is 1.53. The van der Waals surface area contributed by atoms with Crippen molar-refractivity contribution in [2.45, 2.75) is 69.6 Å². The van der Waals surface area contributed by atoms with Crippen LogP contribution in [0.3, 0.4) is 0 Å². The van der Waals surface area contributed by atoms with E-state index in [9.17, 15) is 33.6 Å². The van der Waals surface area contributed by atoms with E-state index in [4.69, 9.17) is 28.3 Å². The van der Waals surface area contributed by atoms with Crippen molar-refractivity contribution in [3.8, 4) is 0 Å². The lowest BCUT2D eigenvalue weighted by molar-refractivity contribution is -0.135. The van der Waals surface area contributed by atoms with Gasteiger partial charge in [0.1, 0.15) is 24.2 Å². The van der Waals surface area contributed by atoms with Crippen LogP contribution in [0.15, 0.2) is 12.5 Å². The number of imidazole rings is 1. The monoisotopic (exact) mass is 623 g/mol. The Morgan fingerprint density at radius 1 is 0.795 bits per heavy atom. The Kier molecular flexibility index (Phi) is 15.7. The highest BCUT2D eigenvalue weighted by atomic mass is 16.2. The number of primary amides is 3. The highest BCUT2D eigenvalue weighted by Gasteiger charge is 2.32. The van der Waals surface area contributed by atoms with Crippen molar-refractivity contribution in [3.05, 3.63) is 18.2 Å². The van der Waals surface area contributed by atoms with Crippen LogP contribution in [-0.4, -0.2) is 94.7 Å². The Balaban J connectivity index is 3.09. The summed E-state index contributed by atoms with van der Waals surface area (Å²) in [4.78, 5) is 92.7. The average Bonchev–Trinajstić information content (AvgIpc) is 3.43. The smallest absolute Gasteiger partial charge is 0.312 e. The highest BCUT2D eigenvalue weighted by molar-refractivity contribution is 5.97. The van der Waals surface area contributed by atoms with Gasteiger partial charge in [0.25, 0.3) is 0 Å². The van der Waals surface area contributed by atoms with Gasteiger partial charge in [-0.3, -0.25) is 34.2 Å². The third-order valence-electron chi connectivity index (χ3n) is 5.95. The average molecular weight is 624 g/mol. The number of rotatable bonds is 20. The molecule has 0 spiro atoms. The Bertz CT molecular complexity index is 1180. The van der Waals surface area contributed by atoms with E-state index in [2.05, 4.69) is 41.9 Å². The summed E-state index contributed by atoms with van der Waals surface area (Å²) < 4.78 is 0. The molecule has 0 aromatic carbocycles. The van der Waals surface area contributed by atoms with Gasteiger partial charge in [-0.05, 0) is 25.7 Å². The lowest BCUT2D eigenvalue weighted by atomic mass is 10.1. The van der Waals surface area contributed by atoms with Crippen molar-refractivity contribution in [1.82, 2.24) is 41.9 Å². The van der Waals surface area contributed by atoms with Gasteiger partial charge in [0.15, 0.2) is 5.96 Å². The second-order valence-corrected chi connectivity index (χ2v) is 9.69. The quantitative estimate of drug-likeness (QED) is 0.0372. The van der Waals surface area contributed by atoms with Crippen LogP contribution in [-0.2, 0) is 35.2 Å². The molecule has 0 saturated heterocycles. The summed E-state index contributed by atoms with van der Waals surface area (Å²) in [6.07, 6.45) is 2.66. The second kappa shape index (κ2) is 18.9. The number of urea groups is 1. The zero-order chi connectivity index (χ0) is 33.2. The summed E-state index contributed by atoms with van der Waals surface area (Å²) in [5.41, 5.74) is 21.3. The molecule has 20 heteroatoms. The number of hydrogen-bond acceptors (Lipinski definition) is 9. The minimum atomic E-state index is -1.55. The maximum Gasteiger partial charge on any atom is 0.312 e. The van der Waals surface area contributed by atoms with E-state index in [0.29, 0.717) is 12.1 Å². The van der Waals surface area contributed by atoms with Crippen LogP contribution >= 0.6 is 0 Å². The standard InChI is InChI=1S/C24H41N13O7/c1-12(38)34-15(5-3-6-31-23(27)28)20(41)37-17(9-18(25)39)22(43)36-16(8-13-10-30-11-33-13)21(42)35-14(19(26)40)4-2-7-32-24(29)44/h10-11,14-17H,2-9H2,1H3,(H2,25,39)(H2,26,40)(H,30,33)(H,34,38)(H,35,42)(H,36,43)(H,37,41)(H4,27,28,31)(H3,29,32,44). The molecule has 4 unspecified atom stereocenters. The van der Waals surface area contributed by atoms with E-state index >= 15 is 0 Å². The molecule has 0 saturated carbocycles. The fourth-order valence-corrected chi connectivity index (χ4v) is 3.90. The fourth-order valence-electron chi connectivity index (χ4n) is 3.90. The molecule has 1 heterocycles. The number of nitrogens with one attached hydrogen (secondary N) is 8. The first-order valence-electron chi connectivity index (χ1n) is 13.5. The Hall–Kier alpha value is -5.43. The van der Waals surface area contributed by atoms with Crippen molar-refractivity contribution in [2.75, 3.05) is 13.1 Å². The van der Waals surface area contributed by atoms with Gasteiger partial charge in [-0.1, -0.05) is 0 Å². The maximum atomic E-state index is 13.3. The Morgan fingerprint density at radius 2 is 1.34 bits per heavy atom. The van der Waals surface area contributed by atoms with E-state index in [1.54, 1.807) is 0 Å². The van der Waals surface area contributed by atoms with E-state index in [1.165, 1.54) is 19.4 Å². The molecule has 1 rings (SSSR count). The van der Waals surface area contributed by atoms with Crippen LogP contribution in [0.4, 0.5) is 4.79 Å². The number of aromatic nitrogens is 2. The molecule has 8 amide bonds. The number of carbonyl (C=O) groups excluding carboxylic acids is 7. The third kappa shape index (κ3) is 15.0. The SMILES string of the molecule is CC(=O)NC(CCCNC(=N)N)C(=O)NC(CC(N)=O)C(=O)NC(Cc1c[nH]cn1)C(=O)NC(CCCNC(N)=O)C(N)=O. The molecule has 1 aromatic heterocycles. The maximum absolute atomic E-state index is 13.3. The number of guanidine groups is 1. The predicted octanol–water partition coefficient (Wildman–Crippen LogP) is -5.02. The first-order chi connectivity index (χ1) is 20.7. The number of amides is 8. The van der Waals surface area contributed by atoms with Gasteiger partial charge in [0, 0.05) is 32.6 Å². The normalized spacial score (nSPS) is 13.2. The van der Waals surface area contributed by atoms with Gasteiger partial charge < -0.3 is 59.8 Å². The zero-order valence-electron chi connectivity index (χ0n) is 24.2. The minimum absolute atomic E-state index is 0.0389. The van der Waals surface area contributed by atoms with Crippen molar-refractivity contribution in [2.24, 2.45) is 22.9 Å². The number of nitrogens with zero attached hydrogens (tertiary/aromatic N) is 1. The third-order valence-corrected chi connectivity index (χ3v) is 5.95. The van der Waals surface area contributed by atoms with E-state index in [1.807, 2.05) is 0 Å². The van der Waals surface area contributed by atoms with E-state index in [-0.39, 0.29) is 44.7 Å². The number of H-pyrrole nitrogens is 1. The van der Waals surface area contributed by atoms with Crippen molar-refractivity contribution in [3.63, 3.8) is 0 Å². The number of aromatic amines is 1. The van der Waals surface area contributed by atoms with Gasteiger partial charge in [0.2, 0.25) is 35.4 Å². The van der Waals surface area contributed by atoms with Crippen molar-refractivity contribution in [1.29, 1.82) is 5.41 Å². The molecular weight excluding hydrogens is 582 g/mol.